The summed E-state index contributed by atoms with van der Waals surface area (Å²) in [6.45, 7) is 2.70. The van der Waals surface area contributed by atoms with Crippen LogP contribution in [0.15, 0.2) is 66.1 Å². The number of thioether (sulfide) groups is 1. The number of ether oxygens (including phenoxy) is 2. The van der Waals surface area contributed by atoms with Crippen LogP contribution >= 0.6 is 11.8 Å². The van der Waals surface area contributed by atoms with Crippen LogP contribution in [0.2, 0.25) is 0 Å². The van der Waals surface area contributed by atoms with Crippen molar-refractivity contribution in [1.82, 2.24) is 14.9 Å². The molecule has 2 atom stereocenters. The van der Waals surface area contributed by atoms with Gasteiger partial charge in [-0.05, 0) is 41.6 Å². The van der Waals surface area contributed by atoms with Crippen LogP contribution in [0.25, 0.3) is 0 Å². The molecule has 1 aromatic heterocycles. The summed E-state index contributed by atoms with van der Waals surface area (Å²) < 4.78 is 24.6. The Morgan fingerprint density at radius 2 is 1.68 bits per heavy atom. The number of aromatic nitrogens is 2. The summed E-state index contributed by atoms with van der Waals surface area (Å²) >= 11 is 1.53. The molecule has 0 N–H and O–H groups in total. The van der Waals surface area contributed by atoms with E-state index in [0.29, 0.717) is 19.8 Å². The Balaban J connectivity index is 1.59. The molecule has 5 nitrogen and oxygen atoms in total. The van der Waals surface area contributed by atoms with Crippen LogP contribution in [0, 0.1) is 5.82 Å². The van der Waals surface area contributed by atoms with E-state index in [9.17, 15) is 4.39 Å². The van der Waals surface area contributed by atoms with Gasteiger partial charge in [-0.25, -0.2) is 14.4 Å². The number of hydrogen-bond acceptors (Lipinski definition) is 6. The van der Waals surface area contributed by atoms with Crippen molar-refractivity contribution in [2.45, 2.75) is 30.2 Å². The molecule has 7 heteroatoms. The summed E-state index contributed by atoms with van der Waals surface area (Å²) in [5.74, 6) is 0.787. The second-order valence-corrected chi connectivity index (χ2v) is 8.37. The highest BCUT2D eigenvalue weighted by Crippen LogP contribution is 2.32. The Hall–Kier alpha value is -2.48. The zero-order chi connectivity index (χ0) is 21.6. The van der Waals surface area contributed by atoms with Gasteiger partial charge < -0.3 is 9.47 Å². The SMILES string of the molecule is COc1ccc(CN(Cc2cnc(SC)nc2)[C@@H]2COC[C@H]2c2ccc(F)cc2)cc1. The summed E-state index contributed by atoms with van der Waals surface area (Å²) in [6, 6.07) is 15.1. The molecule has 0 unspecified atom stereocenters. The molecule has 1 aliphatic rings. The fraction of sp³-hybridized carbons (Fsp3) is 0.333. The Bertz CT molecular complexity index is 918. The minimum atomic E-state index is -0.222. The van der Waals surface area contributed by atoms with Gasteiger partial charge in [0.25, 0.3) is 0 Å². The van der Waals surface area contributed by atoms with Crippen LogP contribution in [0.5, 0.6) is 5.75 Å². The molecule has 0 saturated carbocycles. The maximum Gasteiger partial charge on any atom is 0.187 e. The van der Waals surface area contributed by atoms with E-state index < -0.39 is 0 Å². The van der Waals surface area contributed by atoms with Crippen LogP contribution < -0.4 is 4.74 Å². The number of nitrogens with zero attached hydrogens (tertiary/aromatic N) is 3. The van der Waals surface area contributed by atoms with Gasteiger partial charge in [0, 0.05) is 43.0 Å². The molecule has 2 aromatic carbocycles. The van der Waals surface area contributed by atoms with Crippen LogP contribution in [0.1, 0.15) is 22.6 Å². The number of methoxy groups -OCH3 is 1. The average Bonchev–Trinajstić information content (AvgIpc) is 3.30. The second kappa shape index (κ2) is 10.2. The molecular formula is C24H26FN3O2S. The zero-order valence-corrected chi connectivity index (χ0v) is 18.5. The quantitative estimate of drug-likeness (QED) is 0.380. The van der Waals surface area contributed by atoms with E-state index >= 15 is 0 Å². The average molecular weight is 440 g/mol. The van der Waals surface area contributed by atoms with Crippen molar-refractivity contribution in [3.05, 3.63) is 83.4 Å². The largest absolute Gasteiger partial charge is 0.497 e. The molecule has 1 saturated heterocycles. The molecule has 1 aliphatic heterocycles. The first-order valence-electron chi connectivity index (χ1n) is 10.2. The first kappa shape index (κ1) is 21.7. The van der Waals surface area contributed by atoms with Gasteiger partial charge in [0.2, 0.25) is 0 Å². The molecule has 0 radical (unpaired) electrons. The van der Waals surface area contributed by atoms with Gasteiger partial charge in [-0.15, -0.1) is 0 Å². The fourth-order valence-corrected chi connectivity index (χ4v) is 4.27. The molecule has 31 heavy (non-hydrogen) atoms. The van der Waals surface area contributed by atoms with E-state index in [1.54, 1.807) is 7.11 Å². The van der Waals surface area contributed by atoms with Gasteiger partial charge in [-0.1, -0.05) is 36.0 Å². The summed E-state index contributed by atoms with van der Waals surface area (Å²) in [5.41, 5.74) is 3.33. The van der Waals surface area contributed by atoms with Crippen molar-refractivity contribution in [2.24, 2.45) is 0 Å². The Labute approximate surface area is 186 Å². The normalized spacial score (nSPS) is 18.5. The van der Waals surface area contributed by atoms with Crippen molar-refractivity contribution in [1.29, 1.82) is 0 Å². The predicted molar refractivity (Wildman–Crippen MR) is 120 cm³/mol. The molecule has 0 amide bonds. The Morgan fingerprint density at radius 3 is 2.32 bits per heavy atom. The second-order valence-electron chi connectivity index (χ2n) is 7.59. The maximum atomic E-state index is 13.5. The molecule has 3 aromatic rings. The van der Waals surface area contributed by atoms with Crippen molar-refractivity contribution in [2.75, 3.05) is 26.6 Å². The summed E-state index contributed by atoms with van der Waals surface area (Å²) in [6.07, 6.45) is 5.75. The molecule has 0 bridgehead atoms. The van der Waals surface area contributed by atoms with Gasteiger partial charge in [0.05, 0.1) is 20.3 Å². The number of halogens is 1. The van der Waals surface area contributed by atoms with Crippen LogP contribution in [0.3, 0.4) is 0 Å². The topological polar surface area (TPSA) is 47.5 Å². The van der Waals surface area contributed by atoms with Crippen molar-refractivity contribution < 1.29 is 13.9 Å². The molecule has 4 rings (SSSR count). The van der Waals surface area contributed by atoms with E-state index in [0.717, 1.165) is 28.6 Å². The summed E-state index contributed by atoms with van der Waals surface area (Å²) in [5, 5.41) is 0.763. The number of hydrogen-bond donors (Lipinski definition) is 0. The van der Waals surface area contributed by atoms with Gasteiger partial charge in [-0.3, -0.25) is 4.90 Å². The number of rotatable bonds is 8. The van der Waals surface area contributed by atoms with Crippen LogP contribution in [-0.4, -0.2) is 47.5 Å². The molecule has 1 fully saturated rings. The third-order valence-corrected chi connectivity index (χ3v) is 6.19. The molecular weight excluding hydrogens is 413 g/mol. The third kappa shape index (κ3) is 5.42. The van der Waals surface area contributed by atoms with Crippen LogP contribution in [-0.2, 0) is 17.8 Å². The smallest absolute Gasteiger partial charge is 0.187 e. The zero-order valence-electron chi connectivity index (χ0n) is 17.7. The first-order valence-corrected chi connectivity index (χ1v) is 11.4. The predicted octanol–water partition coefficient (Wildman–Crippen LogP) is 4.53. The minimum Gasteiger partial charge on any atom is -0.497 e. The summed E-state index contributed by atoms with van der Waals surface area (Å²) in [4.78, 5) is 11.3. The van der Waals surface area contributed by atoms with Crippen LogP contribution in [0.4, 0.5) is 4.39 Å². The fourth-order valence-electron chi connectivity index (χ4n) is 3.95. The lowest BCUT2D eigenvalue weighted by atomic mass is 9.92. The van der Waals surface area contributed by atoms with E-state index in [1.165, 1.54) is 29.5 Å². The Kier molecular flexibility index (Phi) is 7.17. The lowest BCUT2D eigenvalue weighted by Gasteiger charge is -2.32. The highest BCUT2D eigenvalue weighted by molar-refractivity contribution is 7.98. The molecule has 0 spiro atoms. The van der Waals surface area contributed by atoms with Gasteiger partial charge >= 0.3 is 0 Å². The van der Waals surface area contributed by atoms with Crippen molar-refractivity contribution in [3.8, 4) is 5.75 Å². The van der Waals surface area contributed by atoms with Gasteiger partial charge in [0.1, 0.15) is 11.6 Å². The third-order valence-electron chi connectivity index (χ3n) is 5.61. The van der Waals surface area contributed by atoms with E-state index in [4.69, 9.17) is 9.47 Å². The Morgan fingerprint density at radius 1 is 1.00 bits per heavy atom. The molecule has 0 aliphatic carbocycles. The highest BCUT2D eigenvalue weighted by Gasteiger charge is 2.34. The maximum absolute atomic E-state index is 13.5. The van der Waals surface area contributed by atoms with Crippen molar-refractivity contribution >= 4 is 11.8 Å². The minimum absolute atomic E-state index is 0.160. The monoisotopic (exact) mass is 439 g/mol. The van der Waals surface area contributed by atoms with E-state index in [-0.39, 0.29) is 17.8 Å². The molecule has 162 valence electrons. The number of benzene rings is 2. The lowest BCUT2D eigenvalue weighted by molar-refractivity contribution is 0.132. The molecule has 2 heterocycles. The van der Waals surface area contributed by atoms with Gasteiger partial charge in [0.15, 0.2) is 5.16 Å². The summed E-state index contributed by atoms with van der Waals surface area (Å²) in [7, 11) is 1.67. The van der Waals surface area contributed by atoms with E-state index in [2.05, 4.69) is 27.0 Å². The van der Waals surface area contributed by atoms with E-state index in [1.807, 2.05) is 42.9 Å². The lowest BCUT2D eigenvalue weighted by Crippen LogP contribution is -2.38. The first-order chi connectivity index (χ1) is 15.2. The van der Waals surface area contributed by atoms with Crippen molar-refractivity contribution in [3.63, 3.8) is 0 Å². The standard InChI is InChI=1S/C24H26FN3O2S/c1-29-21-9-3-17(4-10-21)13-28(14-18-11-26-24(31-2)27-12-18)23-16-30-15-22(23)19-5-7-20(25)8-6-19/h3-12,22-23H,13-16H2,1-2H3/t22-,23+/m0/s1. The van der Waals surface area contributed by atoms with Gasteiger partial charge in [-0.2, -0.15) is 0 Å². The highest BCUT2D eigenvalue weighted by atomic mass is 32.2.